The van der Waals surface area contributed by atoms with E-state index in [1.807, 2.05) is 31.2 Å². The van der Waals surface area contributed by atoms with Gasteiger partial charge in [-0.1, -0.05) is 40.2 Å². The van der Waals surface area contributed by atoms with E-state index in [0.717, 1.165) is 10.9 Å². The van der Waals surface area contributed by atoms with Crippen molar-refractivity contribution in [2.45, 2.75) is 39.7 Å². The fraction of sp³-hybridized carbons (Fsp3) is 0.500. The molecule has 0 radical (unpaired) electrons. The first-order valence-electron chi connectivity index (χ1n) is 7.47. The molecule has 0 saturated carbocycles. The monoisotopic (exact) mass is 390 g/mol. The normalized spacial score (nSPS) is 13.6. The maximum absolute atomic E-state index is 12.4. The molecule has 0 saturated heterocycles. The molecule has 0 aromatic heterocycles. The largest absolute Gasteiger partial charge is 0.475 e. The predicted octanol–water partition coefficient (Wildman–Crippen LogP) is 5.52. The lowest BCUT2D eigenvalue weighted by atomic mass is 10.1. The van der Waals surface area contributed by atoms with Crippen LogP contribution in [-0.4, -0.2) is 19.3 Å². The van der Waals surface area contributed by atoms with E-state index in [9.17, 15) is 4.57 Å². The second-order valence-electron chi connectivity index (χ2n) is 4.62. The van der Waals surface area contributed by atoms with Crippen LogP contribution in [0.1, 0.15) is 32.8 Å². The summed E-state index contributed by atoms with van der Waals surface area (Å²) in [5.41, 5.74) is 1.20. The van der Waals surface area contributed by atoms with Crippen LogP contribution in [0.3, 0.4) is 0 Å². The van der Waals surface area contributed by atoms with Gasteiger partial charge in [0.2, 0.25) is 0 Å². The first-order chi connectivity index (χ1) is 10.5. The molecule has 6 heteroatoms. The number of hydrogen-bond acceptors (Lipinski definition) is 4. The van der Waals surface area contributed by atoms with E-state index in [4.69, 9.17) is 13.6 Å². The molecular formula is C16H24BrO4P. The Morgan fingerprint density at radius 1 is 1.18 bits per heavy atom. The summed E-state index contributed by atoms with van der Waals surface area (Å²) in [4.78, 5) is 0. The Balaban J connectivity index is 2.67. The van der Waals surface area contributed by atoms with Crippen molar-refractivity contribution in [3.8, 4) is 0 Å². The molecule has 0 spiro atoms. The number of halogens is 1. The van der Waals surface area contributed by atoms with E-state index in [2.05, 4.69) is 28.1 Å². The van der Waals surface area contributed by atoms with Crippen molar-refractivity contribution in [2.75, 3.05) is 13.2 Å². The predicted molar refractivity (Wildman–Crippen MR) is 93.0 cm³/mol. The third-order valence-electron chi connectivity index (χ3n) is 2.88. The molecule has 0 heterocycles. The van der Waals surface area contributed by atoms with Gasteiger partial charge in [0.25, 0.3) is 0 Å². The topological polar surface area (TPSA) is 44.8 Å². The van der Waals surface area contributed by atoms with Crippen molar-refractivity contribution in [2.24, 2.45) is 0 Å². The highest BCUT2D eigenvalue weighted by atomic mass is 79.9. The Kier molecular flexibility index (Phi) is 9.22. The Labute approximate surface area is 141 Å². The quantitative estimate of drug-likeness (QED) is 0.389. The van der Waals surface area contributed by atoms with E-state index in [1.165, 1.54) is 5.56 Å². The van der Waals surface area contributed by atoms with E-state index in [0.29, 0.717) is 6.42 Å². The molecule has 0 aliphatic rings. The van der Waals surface area contributed by atoms with Crippen LogP contribution >= 0.6 is 23.8 Å². The maximum Gasteiger partial charge on any atom is 0.475 e. The fourth-order valence-electron chi connectivity index (χ4n) is 1.94. The van der Waals surface area contributed by atoms with Gasteiger partial charge in [-0.3, -0.25) is 13.6 Å². The van der Waals surface area contributed by atoms with Gasteiger partial charge < -0.3 is 0 Å². The minimum Gasteiger partial charge on any atom is -0.287 e. The molecule has 124 valence electrons. The number of phosphoric acid groups is 1. The van der Waals surface area contributed by atoms with Gasteiger partial charge in [-0.15, -0.1) is 0 Å². The van der Waals surface area contributed by atoms with Crippen molar-refractivity contribution in [3.05, 3.63) is 46.5 Å². The van der Waals surface area contributed by atoms with Gasteiger partial charge in [-0.25, -0.2) is 4.57 Å². The molecule has 22 heavy (non-hydrogen) atoms. The van der Waals surface area contributed by atoms with Gasteiger partial charge in [0.15, 0.2) is 0 Å². The Morgan fingerprint density at radius 3 is 2.27 bits per heavy atom. The standard InChI is InChI=1S/C16H24BrO4P/c1-4-7-16(21-22(18,19-5-2)20-6-3)13-10-14-8-11-15(17)12-9-14/h4,7-9,11-12,16H,5-6,10,13H2,1-3H3/b7-4+. The zero-order valence-corrected chi connectivity index (χ0v) is 15.8. The van der Waals surface area contributed by atoms with Crippen LogP contribution in [0.4, 0.5) is 0 Å². The summed E-state index contributed by atoms with van der Waals surface area (Å²) in [5, 5.41) is 0. The average molecular weight is 391 g/mol. The Bertz CT molecular complexity index is 491. The summed E-state index contributed by atoms with van der Waals surface area (Å²) in [7, 11) is -3.49. The highest BCUT2D eigenvalue weighted by molar-refractivity contribution is 9.10. The molecule has 1 atom stereocenters. The lowest BCUT2D eigenvalue weighted by Crippen LogP contribution is -2.12. The van der Waals surface area contributed by atoms with Crippen molar-refractivity contribution in [3.63, 3.8) is 0 Å². The van der Waals surface area contributed by atoms with E-state index in [-0.39, 0.29) is 19.3 Å². The molecule has 0 aliphatic carbocycles. The van der Waals surface area contributed by atoms with E-state index >= 15 is 0 Å². The van der Waals surface area contributed by atoms with Crippen molar-refractivity contribution in [1.82, 2.24) is 0 Å². The number of aryl methyl sites for hydroxylation is 1. The molecule has 0 amide bonds. The highest BCUT2D eigenvalue weighted by Crippen LogP contribution is 2.50. The minimum atomic E-state index is -3.49. The van der Waals surface area contributed by atoms with Crippen molar-refractivity contribution >= 4 is 23.8 Å². The zero-order chi connectivity index (χ0) is 16.4. The number of benzene rings is 1. The summed E-state index contributed by atoms with van der Waals surface area (Å²) >= 11 is 3.42. The van der Waals surface area contributed by atoms with Crippen LogP contribution in [0.15, 0.2) is 40.9 Å². The van der Waals surface area contributed by atoms with Gasteiger partial charge in [0, 0.05) is 4.47 Å². The number of phosphoric ester groups is 1. The molecule has 1 unspecified atom stereocenters. The molecule has 0 fully saturated rings. The molecule has 1 aromatic rings. The van der Waals surface area contributed by atoms with Crippen LogP contribution in [0.25, 0.3) is 0 Å². The summed E-state index contributed by atoms with van der Waals surface area (Å²) < 4.78 is 29.5. The third kappa shape index (κ3) is 7.21. The van der Waals surface area contributed by atoms with Gasteiger partial charge >= 0.3 is 7.82 Å². The second kappa shape index (κ2) is 10.3. The summed E-state index contributed by atoms with van der Waals surface area (Å²) in [6.07, 6.45) is 4.98. The van der Waals surface area contributed by atoms with Crippen LogP contribution in [0.5, 0.6) is 0 Å². The highest BCUT2D eigenvalue weighted by Gasteiger charge is 2.28. The fourth-order valence-corrected chi connectivity index (χ4v) is 3.54. The van der Waals surface area contributed by atoms with Gasteiger partial charge in [0.1, 0.15) is 0 Å². The van der Waals surface area contributed by atoms with Gasteiger partial charge in [0.05, 0.1) is 19.3 Å². The molecule has 0 aliphatic heterocycles. The molecular weight excluding hydrogens is 367 g/mol. The van der Waals surface area contributed by atoms with Crippen LogP contribution in [-0.2, 0) is 24.6 Å². The smallest absolute Gasteiger partial charge is 0.287 e. The number of rotatable bonds is 10. The first kappa shape index (κ1) is 19.6. The van der Waals surface area contributed by atoms with Gasteiger partial charge in [-0.2, -0.15) is 0 Å². The Hall–Kier alpha value is -0.450. The van der Waals surface area contributed by atoms with Crippen LogP contribution in [0, 0.1) is 0 Å². The summed E-state index contributed by atoms with van der Waals surface area (Å²) in [6, 6.07) is 8.13. The lowest BCUT2D eigenvalue weighted by Gasteiger charge is -2.21. The minimum absolute atomic E-state index is 0.284. The van der Waals surface area contributed by atoms with Crippen LogP contribution in [0.2, 0.25) is 0 Å². The van der Waals surface area contributed by atoms with E-state index in [1.54, 1.807) is 13.8 Å². The average Bonchev–Trinajstić information content (AvgIpc) is 2.47. The number of allylic oxidation sites excluding steroid dienone is 1. The summed E-state index contributed by atoms with van der Waals surface area (Å²) in [6.45, 7) is 6.00. The Morgan fingerprint density at radius 2 is 1.77 bits per heavy atom. The van der Waals surface area contributed by atoms with E-state index < -0.39 is 7.82 Å². The molecule has 0 N–H and O–H groups in total. The number of hydrogen-bond donors (Lipinski definition) is 0. The first-order valence-corrected chi connectivity index (χ1v) is 9.73. The molecule has 4 nitrogen and oxygen atoms in total. The van der Waals surface area contributed by atoms with Crippen LogP contribution < -0.4 is 0 Å². The lowest BCUT2D eigenvalue weighted by molar-refractivity contribution is 0.0977. The zero-order valence-electron chi connectivity index (χ0n) is 13.3. The molecule has 1 rings (SSSR count). The third-order valence-corrected chi connectivity index (χ3v) is 5.08. The molecule has 0 bridgehead atoms. The second-order valence-corrected chi connectivity index (χ2v) is 7.15. The molecule has 1 aromatic carbocycles. The maximum atomic E-state index is 12.4. The SMILES string of the molecule is C/C=C/C(CCc1ccc(Br)cc1)OP(=O)(OCC)OCC. The van der Waals surface area contributed by atoms with Crippen molar-refractivity contribution < 1.29 is 18.1 Å². The summed E-state index contributed by atoms with van der Waals surface area (Å²) in [5.74, 6) is 0. The van der Waals surface area contributed by atoms with Gasteiger partial charge in [-0.05, 0) is 51.3 Å². The van der Waals surface area contributed by atoms with Crippen molar-refractivity contribution in [1.29, 1.82) is 0 Å².